The van der Waals surface area contributed by atoms with Gasteiger partial charge in [-0.15, -0.1) is 0 Å². The van der Waals surface area contributed by atoms with Gasteiger partial charge in [-0.2, -0.15) is 0 Å². The third-order valence-corrected chi connectivity index (χ3v) is 7.33. The lowest BCUT2D eigenvalue weighted by Gasteiger charge is -2.25. The second-order valence-corrected chi connectivity index (χ2v) is 9.74. The molecule has 2 aromatic carbocycles. The smallest absolute Gasteiger partial charge is 0.316 e. The first-order valence-electron chi connectivity index (χ1n) is 12.0. The highest BCUT2D eigenvalue weighted by Crippen LogP contribution is 2.42. The first-order chi connectivity index (χ1) is 17.2. The van der Waals surface area contributed by atoms with Crippen molar-refractivity contribution in [3.05, 3.63) is 58.6 Å². The van der Waals surface area contributed by atoms with E-state index < -0.39 is 16.8 Å². The monoisotopic (exact) mass is 491 g/mol. The second-order valence-electron chi connectivity index (χ2n) is 9.74. The molecular weight excluding hydrogens is 466 g/mol. The summed E-state index contributed by atoms with van der Waals surface area (Å²) in [5, 5.41) is 10.8. The minimum atomic E-state index is -0.695. The molecule has 0 spiro atoms. The summed E-state index contributed by atoms with van der Waals surface area (Å²) in [7, 11) is 0. The second kappa shape index (κ2) is 9.18. The normalized spacial score (nSPS) is 25.8. The topological polar surface area (TPSA) is 127 Å². The number of esters is 1. The first-order valence-corrected chi connectivity index (χ1v) is 12.0. The Bertz CT molecular complexity index is 1240. The number of hydrogen-bond donors (Lipinski definition) is 0. The number of nitro benzene ring substituents is 1. The van der Waals surface area contributed by atoms with Gasteiger partial charge in [-0.1, -0.05) is 6.92 Å². The number of rotatable bonds is 5. The third kappa shape index (κ3) is 4.23. The van der Waals surface area contributed by atoms with E-state index in [1.165, 1.54) is 46.2 Å². The van der Waals surface area contributed by atoms with Crippen molar-refractivity contribution in [2.24, 2.45) is 23.7 Å². The number of nitro groups is 1. The fourth-order valence-electron chi connectivity index (χ4n) is 5.38. The van der Waals surface area contributed by atoms with Gasteiger partial charge >= 0.3 is 5.97 Å². The average Bonchev–Trinajstić information content (AvgIpc) is 3.37. The number of benzene rings is 2. The number of nitrogens with zero attached hydrogens (tertiary/aromatic N) is 3. The summed E-state index contributed by atoms with van der Waals surface area (Å²) in [6.45, 7) is 2.20. The number of carbonyl (C=O) groups excluding carboxylic acids is 4. The van der Waals surface area contributed by atoms with E-state index in [9.17, 15) is 29.3 Å². The molecule has 3 amide bonds. The summed E-state index contributed by atoms with van der Waals surface area (Å²) in [6, 6.07) is 11.8. The minimum absolute atomic E-state index is 0.0358. The van der Waals surface area contributed by atoms with Crippen LogP contribution in [-0.4, -0.2) is 35.2 Å². The van der Waals surface area contributed by atoms with E-state index in [0.717, 1.165) is 19.3 Å². The molecule has 2 saturated heterocycles. The van der Waals surface area contributed by atoms with Crippen LogP contribution >= 0.6 is 0 Å². The fourth-order valence-corrected chi connectivity index (χ4v) is 5.38. The van der Waals surface area contributed by atoms with Crippen molar-refractivity contribution >= 4 is 40.8 Å². The van der Waals surface area contributed by atoms with Gasteiger partial charge in [0.1, 0.15) is 5.75 Å². The van der Waals surface area contributed by atoms with Crippen LogP contribution in [0.3, 0.4) is 0 Å². The van der Waals surface area contributed by atoms with Crippen LogP contribution in [0.15, 0.2) is 48.5 Å². The van der Waals surface area contributed by atoms with Crippen LogP contribution in [0.5, 0.6) is 5.75 Å². The van der Waals surface area contributed by atoms with Gasteiger partial charge in [0.15, 0.2) is 0 Å². The zero-order chi connectivity index (χ0) is 25.6. The molecule has 0 unspecified atom stereocenters. The zero-order valence-electron chi connectivity index (χ0n) is 19.7. The molecule has 0 bridgehead atoms. The van der Waals surface area contributed by atoms with E-state index in [4.69, 9.17) is 4.74 Å². The molecule has 2 aliphatic heterocycles. The van der Waals surface area contributed by atoms with Crippen molar-refractivity contribution in [1.29, 1.82) is 0 Å². The highest BCUT2D eigenvalue weighted by molar-refractivity contribution is 6.22. The maximum Gasteiger partial charge on any atom is 0.316 e. The highest BCUT2D eigenvalue weighted by Gasteiger charge is 2.50. The van der Waals surface area contributed by atoms with Gasteiger partial charge in [-0.05, 0) is 61.6 Å². The van der Waals surface area contributed by atoms with Gasteiger partial charge < -0.3 is 9.64 Å². The average molecular weight is 492 g/mol. The molecule has 36 heavy (non-hydrogen) atoms. The van der Waals surface area contributed by atoms with E-state index in [0.29, 0.717) is 17.3 Å². The van der Waals surface area contributed by atoms with Gasteiger partial charge in [0, 0.05) is 30.8 Å². The predicted octanol–water partition coefficient (Wildman–Crippen LogP) is 3.48. The number of amides is 3. The largest absolute Gasteiger partial charge is 0.426 e. The Kier molecular flexibility index (Phi) is 6.03. The summed E-state index contributed by atoms with van der Waals surface area (Å²) >= 11 is 0. The summed E-state index contributed by atoms with van der Waals surface area (Å²) in [5.74, 6) is -1.74. The van der Waals surface area contributed by atoms with Crippen molar-refractivity contribution in [2.45, 2.75) is 32.6 Å². The van der Waals surface area contributed by atoms with Gasteiger partial charge in [0.05, 0.1) is 28.4 Å². The van der Waals surface area contributed by atoms with E-state index in [1.807, 2.05) is 0 Å². The molecule has 3 fully saturated rings. The van der Waals surface area contributed by atoms with Gasteiger partial charge in [-0.3, -0.25) is 34.2 Å². The molecule has 4 atom stereocenters. The Balaban J connectivity index is 1.23. The Morgan fingerprint density at radius 3 is 2.25 bits per heavy atom. The molecule has 186 valence electrons. The molecule has 0 aromatic heterocycles. The van der Waals surface area contributed by atoms with Crippen molar-refractivity contribution in [1.82, 2.24) is 0 Å². The number of non-ortho nitro benzene ring substituents is 1. The summed E-state index contributed by atoms with van der Waals surface area (Å²) in [4.78, 5) is 63.9. The number of hydrogen-bond acceptors (Lipinski definition) is 7. The highest BCUT2D eigenvalue weighted by atomic mass is 16.6. The molecule has 1 aliphatic carbocycles. The number of fused-ring (bicyclic) bond motifs is 1. The third-order valence-electron chi connectivity index (χ3n) is 7.33. The SMILES string of the molecule is C[C@@H]1CC[C@@H]2C(=O)N(c3ccc(OC(=O)[C@H]4CC(=O)N(c5ccc([N+](=O)[O-])cc5)C4)cc3)C(=O)[C@H]2C1. The first kappa shape index (κ1) is 23.7. The summed E-state index contributed by atoms with van der Waals surface area (Å²) in [6.07, 6.45) is 2.35. The molecule has 10 heteroatoms. The molecule has 0 radical (unpaired) electrons. The Morgan fingerprint density at radius 2 is 1.58 bits per heavy atom. The van der Waals surface area contributed by atoms with Crippen LogP contribution in [0.1, 0.15) is 32.6 Å². The van der Waals surface area contributed by atoms with E-state index in [1.54, 1.807) is 12.1 Å². The van der Waals surface area contributed by atoms with E-state index >= 15 is 0 Å². The van der Waals surface area contributed by atoms with Crippen molar-refractivity contribution in [3.8, 4) is 5.75 Å². The van der Waals surface area contributed by atoms with Crippen molar-refractivity contribution in [3.63, 3.8) is 0 Å². The fraction of sp³-hybridized carbons (Fsp3) is 0.385. The molecular formula is C26H25N3O7. The van der Waals surface area contributed by atoms with Crippen LogP contribution < -0.4 is 14.5 Å². The standard InChI is InChI=1S/C26H25N3O7/c1-15-2-11-21-22(12-15)25(32)28(24(21)31)18-7-9-20(10-8-18)36-26(33)16-13-23(30)27(14-16)17-3-5-19(6-4-17)29(34)35/h3-10,15-16,21-22H,2,11-14H2,1H3/t15-,16+,21+,22+/m1/s1. The predicted molar refractivity (Wildman–Crippen MR) is 128 cm³/mol. The van der Waals surface area contributed by atoms with Crippen molar-refractivity contribution < 1.29 is 28.8 Å². The van der Waals surface area contributed by atoms with E-state index in [2.05, 4.69) is 6.92 Å². The summed E-state index contributed by atoms with van der Waals surface area (Å²) < 4.78 is 5.47. The minimum Gasteiger partial charge on any atom is -0.426 e. The van der Waals surface area contributed by atoms with E-state index in [-0.39, 0.29) is 54.0 Å². The molecule has 0 N–H and O–H groups in total. The van der Waals surface area contributed by atoms with Gasteiger partial charge in [0.2, 0.25) is 17.7 Å². The summed E-state index contributed by atoms with van der Waals surface area (Å²) in [5.41, 5.74) is 0.836. The quantitative estimate of drug-likeness (QED) is 0.206. The Labute approximate surface area is 207 Å². The van der Waals surface area contributed by atoms with Crippen LogP contribution in [0.25, 0.3) is 0 Å². The van der Waals surface area contributed by atoms with Gasteiger partial charge in [0.25, 0.3) is 5.69 Å². The van der Waals surface area contributed by atoms with Crippen LogP contribution in [0.4, 0.5) is 17.1 Å². The van der Waals surface area contributed by atoms with Crippen LogP contribution in [0, 0.1) is 33.8 Å². The van der Waals surface area contributed by atoms with Crippen LogP contribution in [0.2, 0.25) is 0 Å². The Hall–Kier alpha value is -4.08. The van der Waals surface area contributed by atoms with Crippen LogP contribution in [-0.2, 0) is 19.2 Å². The lowest BCUT2D eigenvalue weighted by molar-refractivity contribution is -0.384. The molecule has 2 heterocycles. The van der Waals surface area contributed by atoms with Gasteiger partial charge in [-0.25, -0.2) is 0 Å². The molecule has 2 aromatic rings. The zero-order valence-corrected chi connectivity index (χ0v) is 19.7. The lowest BCUT2D eigenvalue weighted by Crippen LogP contribution is -2.30. The number of ether oxygens (including phenoxy) is 1. The molecule has 3 aliphatic rings. The molecule has 5 rings (SSSR count). The molecule has 10 nitrogen and oxygen atoms in total. The lowest BCUT2D eigenvalue weighted by atomic mass is 9.76. The maximum absolute atomic E-state index is 12.9. The number of anilines is 2. The number of carbonyl (C=O) groups is 4. The van der Waals surface area contributed by atoms with Crippen molar-refractivity contribution in [2.75, 3.05) is 16.3 Å². The Morgan fingerprint density at radius 1 is 0.944 bits per heavy atom. The number of imide groups is 1. The maximum atomic E-state index is 12.9. The molecule has 1 saturated carbocycles.